The first-order chi connectivity index (χ1) is 11.0. The van der Waals surface area contributed by atoms with Crippen molar-refractivity contribution < 1.29 is 28.2 Å². The van der Waals surface area contributed by atoms with E-state index in [0.29, 0.717) is 19.8 Å². The lowest BCUT2D eigenvalue weighted by molar-refractivity contribution is -0.122. The van der Waals surface area contributed by atoms with E-state index in [1.54, 1.807) is 0 Å². The maximum Gasteiger partial charge on any atom is 0.216 e. The van der Waals surface area contributed by atoms with Gasteiger partial charge >= 0.3 is 0 Å². The molecule has 0 saturated carbocycles. The van der Waals surface area contributed by atoms with Crippen LogP contribution >= 0.6 is 0 Å². The van der Waals surface area contributed by atoms with E-state index in [1.807, 2.05) is 27.7 Å². The lowest BCUT2D eigenvalue weighted by Gasteiger charge is -2.10. The minimum atomic E-state index is -1.22. The smallest absolute Gasteiger partial charge is 0.216 e. The number of Topliss-reactive ketones (excluding diaryl/α,β-unsaturated/α-hetero) is 1. The van der Waals surface area contributed by atoms with Gasteiger partial charge in [-0.3, -0.25) is 9.59 Å². The van der Waals surface area contributed by atoms with Crippen molar-refractivity contribution in [1.82, 2.24) is 5.32 Å². The van der Waals surface area contributed by atoms with Crippen molar-refractivity contribution in [2.24, 2.45) is 0 Å². The highest BCUT2D eigenvalue weighted by atomic mass is 19.1. The van der Waals surface area contributed by atoms with Crippen LogP contribution in [-0.2, 0) is 23.8 Å². The molecule has 0 aliphatic carbocycles. The summed E-state index contributed by atoms with van der Waals surface area (Å²) in [5.41, 5.74) is 0. The predicted molar refractivity (Wildman–Crippen MR) is 89.4 cm³/mol. The quantitative estimate of drug-likeness (QED) is 0.552. The van der Waals surface area contributed by atoms with E-state index in [2.05, 4.69) is 5.32 Å². The van der Waals surface area contributed by atoms with Gasteiger partial charge in [0, 0.05) is 6.92 Å². The molecule has 0 aromatic rings. The summed E-state index contributed by atoms with van der Waals surface area (Å²) >= 11 is 0. The third-order valence-electron chi connectivity index (χ3n) is 1.92. The Morgan fingerprint density at radius 3 is 1.87 bits per heavy atom. The molecule has 0 spiro atoms. The van der Waals surface area contributed by atoms with Crippen LogP contribution in [0.2, 0.25) is 0 Å². The molecule has 0 saturated heterocycles. The molecule has 6 nitrogen and oxygen atoms in total. The molecule has 140 valence electrons. The van der Waals surface area contributed by atoms with Gasteiger partial charge in [-0.05, 0) is 6.92 Å². The molecule has 7 heteroatoms. The number of ether oxygens (including phenoxy) is 3. The minimum absolute atomic E-state index is 0.0310. The van der Waals surface area contributed by atoms with E-state index in [9.17, 15) is 14.0 Å². The van der Waals surface area contributed by atoms with Crippen LogP contribution in [0.4, 0.5) is 4.39 Å². The Morgan fingerprint density at radius 1 is 0.913 bits per heavy atom. The Bertz CT molecular complexity index is 265. The van der Waals surface area contributed by atoms with Crippen LogP contribution in [0.1, 0.15) is 41.5 Å². The summed E-state index contributed by atoms with van der Waals surface area (Å²) in [7, 11) is 0. The Hall–Kier alpha value is -1.05. The first kappa shape index (κ1) is 26.8. The Labute approximate surface area is 140 Å². The topological polar surface area (TPSA) is 73.9 Å². The molecule has 1 amide bonds. The third-order valence-corrected chi connectivity index (χ3v) is 1.92. The number of alkyl halides is 1. The molecular weight excluding hydrogens is 305 g/mol. The lowest BCUT2D eigenvalue weighted by atomic mass is 10.4. The first-order valence-corrected chi connectivity index (χ1v) is 8.13. The third kappa shape index (κ3) is 29.6. The fourth-order valence-electron chi connectivity index (χ4n) is 1.08. The summed E-state index contributed by atoms with van der Waals surface area (Å²) in [6.45, 7) is 12.0. The van der Waals surface area contributed by atoms with Gasteiger partial charge in [0.05, 0.1) is 39.6 Å². The Morgan fingerprint density at radius 2 is 1.39 bits per heavy atom. The van der Waals surface area contributed by atoms with Crippen molar-refractivity contribution in [1.29, 1.82) is 0 Å². The molecule has 0 radical (unpaired) electrons. The second kappa shape index (κ2) is 23.2. The molecule has 1 unspecified atom stereocenters. The molecule has 0 aliphatic heterocycles. The molecule has 0 rings (SSSR count). The van der Waals surface area contributed by atoms with Crippen molar-refractivity contribution in [3.8, 4) is 0 Å². The zero-order valence-electron chi connectivity index (χ0n) is 15.4. The fraction of sp³-hybridized carbons (Fsp3) is 0.875. The second-order valence-electron chi connectivity index (χ2n) is 3.98. The monoisotopic (exact) mass is 339 g/mol. The zero-order valence-corrected chi connectivity index (χ0v) is 15.4. The molecule has 0 heterocycles. The van der Waals surface area contributed by atoms with Gasteiger partial charge in [0.15, 0.2) is 5.78 Å². The molecule has 0 aromatic heterocycles. The zero-order chi connectivity index (χ0) is 18.5. The Kier molecular flexibility index (Phi) is 27.1. The van der Waals surface area contributed by atoms with Crippen LogP contribution in [0.3, 0.4) is 0 Å². The highest BCUT2D eigenvalue weighted by Gasteiger charge is 2.06. The molecule has 0 bridgehead atoms. The normalized spacial score (nSPS) is 10.6. The van der Waals surface area contributed by atoms with Gasteiger partial charge in [0.2, 0.25) is 5.91 Å². The molecule has 1 N–H and O–H groups in total. The number of ketones is 1. The summed E-state index contributed by atoms with van der Waals surface area (Å²) in [6, 6.07) is 0. The maximum atomic E-state index is 13.1. The van der Waals surface area contributed by atoms with Crippen LogP contribution in [-0.4, -0.2) is 64.0 Å². The number of hydrogen-bond donors (Lipinski definition) is 1. The highest BCUT2D eigenvalue weighted by molar-refractivity contribution is 5.76. The number of hydrogen-bond acceptors (Lipinski definition) is 5. The second-order valence-corrected chi connectivity index (χ2v) is 3.98. The molecule has 0 aromatic carbocycles. The average Bonchev–Trinajstić information content (AvgIpc) is 2.54. The maximum absolute atomic E-state index is 13.1. The Balaban J connectivity index is -0.000000919. The number of carbonyl (C=O) groups excluding carboxylic acids is 2. The highest BCUT2D eigenvalue weighted by Crippen LogP contribution is 1.91. The van der Waals surface area contributed by atoms with E-state index >= 15 is 0 Å². The molecule has 1 atom stereocenters. The van der Waals surface area contributed by atoms with Crippen molar-refractivity contribution in [2.75, 3.05) is 46.2 Å². The summed E-state index contributed by atoms with van der Waals surface area (Å²) in [6.07, 6.45) is -1.22. The van der Waals surface area contributed by atoms with Crippen LogP contribution < -0.4 is 5.32 Å². The van der Waals surface area contributed by atoms with E-state index in [-0.39, 0.29) is 38.1 Å². The number of carbonyl (C=O) groups is 2. The van der Waals surface area contributed by atoms with Gasteiger partial charge in [0.25, 0.3) is 0 Å². The lowest BCUT2D eigenvalue weighted by Crippen LogP contribution is -2.30. The van der Waals surface area contributed by atoms with Gasteiger partial charge in [-0.15, -0.1) is 0 Å². The van der Waals surface area contributed by atoms with E-state index in [1.165, 1.54) is 13.8 Å². The summed E-state index contributed by atoms with van der Waals surface area (Å²) < 4.78 is 28.2. The summed E-state index contributed by atoms with van der Waals surface area (Å²) in [5, 5.41) is 2.36. The van der Waals surface area contributed by atoms with Gasteiger partial charge in [0.1, 0.15) is 12.8 Å². The molecule has 0 fully saturated rings. The molecular formula is C16H34FNO5. The van der Waals surface area contributed by atoms with Gasteiger partial charge in [-0.2, -0.15) is 0 Å². The van der Waals surface area contributed by atoms with Gasteiger partial charge in [-0.1, -0.05) is 27.7 Å². The van der Waals surface area contributed by atoms with Crippen molar-refractivity contribution in [3.05, 3.63) is 0 Å². The first-order valence-electron chi connectivity index (χ1n) is 8.13. The van der Waals surface area contributed by atoms with Crippen molar-refractivity contribution >= 4 is 11.7 Å². The fourth-order valence-corrected chi connectivity index (χ4v) is 1.08. The van der Waals surface area contributed by atoms with E-state index in [0.717, 1.165) is 0 Å². The minimum Gasteiger partial charge on any atom is -0.377 e. The van der Waals surface area contributed by atoms with E-state index < -0.39 is 6.17 Å². The van der Waals surface area contributed by atoms with Crippen LogP contribution in [0.5, 0.6) is 0 Å². The van der Waals surface area contributed by atoms with Gasteiger partial charge in [-0.25, -0.2) is 4.39 Å². The number of nitrogens with one attached hydrogen (secondary N) is 1. The molecule has 23 heavy (non-hydrogen) atoms. The van der Waals surface area contributed by atoms with Gasteiger partial charge < -0.3 is 19.5 Å². The van der Waals surface area contributed by atoms with Crippen molar-refractivity contribution in [2.45, 2.75) is 47.7 Å². The van der Waals surface area contributed by atoms with Crippen LogP contribution in [0.15, 0.2) is 0 Å². The summed E-state index contributed by atoms with van der Waals surface area (Å²) in [5.74, 6) is -0.298. The average molecular weight is 339 g/mol. The van der Waals surface area contributed by atoms with Crippen LogP contribution in [0, 0.1) is 0 Å². The summed E-state index contributed by atoms with van der Waals surface area (Å²) in [4.78, 5) is 21.0. The SMILES string of the molecule is CC.CC.CC(=O)COCCOCCOCC(F)CNC(C)=O. The predicted octanol–water partition coefficient (Wildman–Crippen LogP) is 2.15. The standard InChI is InChI=1S/C12H22FNO5.2C2H6/c1-10(15)8-18-5-3-17-4-6-19-9-12(13)7-14-11(2)16;2*1-2/h12H,3-9H2,1-2H3,(H,14,16);2*1-2H3. The number of rotatable bonds is 12. The van der Waals surface area contributed by atoms with Crippen molar-refractivity contribution in [3.63, 3.8) is 0 Å². The number of halogens is 1. The molecule has 0 aliphatic rings. The van der Waals surface area contributed by atoms with Crippen LogP contribution in [0.25, 0.3) is 0 Å². The largest absolute Gasteiger partial charge is 0.377 e. The van der Waals surface area contributed by atoms with E-state index in [4.69, 9.17) is 14.2 Å². The number of amides is 1.